The molecule has 0 spiro atoms. The summed E-state index contributed by atoms with van der Waals surface area (Å²) in [5.41, 5.74) is 11.7. The van der Waals surface area contributed by atoms with Crippen molar-refractivity contribution in [2.24, 2.45) is 5.73 Å². The average Bonchev–Trinajstić information content (AvgIpc) is 2.47. The number of ether oxygens (including phenoxy) is 1. The topological polar surface area (TPSA) is 89.9 Å². The molecule has 1 rings (SSSR count). The summed E-state index contributed by atoms with van der Waals surface area (Å²) in [6.45, 7) is 0.581. The van der Waals surface area contributed by atoms with Gasteiger partial charge in [-0.25, -0.2) is 4.98 Å². The van der Waals surface area contributed by atoms with Gasteiger partial charge >= 0.3 is 0 Å². The van der Waals surface area contributed by atoms with Crippen molar-refractivity contribution < 1.29 is 4.74 Å². The van der Waals surface area contributed by atoms with Crippen LogP contribution in [0.25, 0.3) is 0 Å². The van der Waals surface area contributed by atoms with Crippen LogP contribution in [-0.4, -0.2) is 23.6 Å². The van der Waals surface area contributed by atoms with Gasteiger partial charge < -0.3 is 21.2 Å². The molecule has 1 aromatic heterocycles. The fraction of sp³-hybridized carbons (Fsp3) is 0.571. The summed E-state index contributed by atoms with van der Waals surface area (Å²) < 4.78 is 5.18. The number of hydrogen-bond donors (Lipinski definition) is 3. The highest BCUT2D eigenvalue weighted by Crippen LogP contribution is 2.17. The maximum absolute atomic E-state index is 5.41. The fourth-order valence-electron chi connectivity index (χ4n) is 1.07. The van der Waals surface area contributed by atoms with E-state index in [0.717, 1.165) is 12.1 Å². The molecule has 1 heterocycles. The van der Waals surface area contributed by atoms with E-state index in [-0.39, 0.29) is 6.10 Å². The molecule has 0 saturated heterocycles. The van der Waals surface area contributed by atoms with Crippen LogP contribution >= 0.6 is 0 Å². The molecule has 0 amide bonds. The van der Waals surface area contributed by atoms with Crippen molar-refractivity contribution in [3.8, 4) is 0 Å². The normalized spacial score (nSPS) is 13.2. The molecule has 0 radical (unpaired) electrons. The van der Waals surface area contributed by atoms with Crippen LogP contribution in [0.2, 0.25) is 0 Å². The lowest BCUT2D eigenvalue weighted by molar-refractivity contribution is 0.0946. The number of anilines is 1. The monoisotopic (exact) mass is 170 g/mol. The van der Waals surface area contributed by atoms with E-state index in [1.165, 1.54) is 0 Å². The van der Waals surface area contributed by atoms with Gasteiger partial charge in [-0.05, 0) is 13.0 Å². The van der Waals surface area contributed by atoms with Crippen molar-refractivity contribution >= 4 is 5.95 Å². The first-order valence-corrected chi connectivity index (χ1v) is 3.81. The second-order valence-corrected chi connectivity index (χ2v) is 2.53. The zero-order valence-electron chi connectivity index (χ0n) is 7.08. The maximum atomic E-state index is 5.41. The van der Waals surface area contributed by atoms with Crippen molar-refractivity contribution in [2.45, 2.75) is 12.5 Å². The van der Waals surface area contributed by atoms with Gasteiger partial charge in [0.15, 0.2) is 5.95 Å². The third kappa shape index (κ3) is 1.96. The van der Waals surface area contributed by atoms with Crippen LogP contribution in [-0.2, 0) is 4.74 Å². The van der Waals surface area contributed by atoms with E-state index < -0.39 is 0 Å². The van der Waals surface area contributed by atoms with E-state index in [4.69, 9.17) is 16.2 Å². The van der Waals surface area contributed by atoms with E-state index in [2.05, 4.69) is 9.97 Å². The van der Waals surface area contributed by atoms with E-state index in [0.29, 0.717) is 12.5 Å². The van der Waals surface area contributed by atoms with Crippen LogP contribution in [0.5, 0.6) is 0 Å². The number of hydrogen-bond acceptors (Lipinski definition) is 4. The summed E-state index contributed by atoms with van der Waals surface area (Å²) in [4.78, 5) is 6.77. The predicted molar refractivity (Wildman–Crippen MR) is 46.4 cm³/mol. The highest BCUT2D eigenvalue weighted by Gasteiger charge is 2.11. The lowest BCUT2D eigenvalue weighted by atomic mass is 10.2. The number of rotatable bonds is 4. The SMILES string of the molecule is COC(CCN)c1cnc(N)[nH]1. The minimum atomic E-state index is -0.0280. The second kappa shape index (κ2) is 4.08. The first kappa shape index (κ1) is 9.02. The number of H-pyrrole nitrogens is 1. The highest BCUT2D eigenvalue weighted by atomic mass is 16.5. The molecule has 5 nitrogen and oxygen atoms in total. The summed E-state index contributed by atoms with van der Waals surface area (Å²) >= 11 is 0. The van der Waals surface area contributed by atoms with Crippen molar-refractivity contribution in [3.63, 3.8) is 0 Å². The molecule has 0 aliphatic rings. The Balaban J connectivity index is 2.66. The minimum Gasteiger partial charge on any atom is -0.375 e. The number of nitrogens with zero attached hydrogens (tertiary/aromatic N) is 1. The van der Waals surface area contributed by atoms with Crippen molar-refractivity contribution in [1.82, 2.24) is 9.97 Å². The Hall–Kier alpha value is -1.07. The molecule has 5 heteroatoms. The van der Waals surface area contributed by atoms with E-state index >= 15 is 0 Å². The third-order valence-electron chi connectivity index (χ3n) is 1.68. The molecular formula is C7H14N4O. The van der Waals surface area contributed by atoms with Crippen LogP contribution < -0.4 is 11.5 Å². The largest absolute Gasteiger partial charge is 0.375 e. The van der Waals surface area contributed by atoms with Gasteiger partial charge in [0.2, 0.25) is 0 Å². The molecule has 68 valence electrons. The molecule has 12 heavy (non-hydrogen) atoms. The number of imidazole rings is 1. The summed E-state index contributed by atoms with van der Waals surface area (Å²) in [6.07, 6.45) is 2.40. The minimum absolute atomic E-state index is 0.0280. The Kier molecular flexibility index (Phi) is 3.07. The molecule has 0 aliphatic carbocycles. The van der Waals surface area contributed by atoms with Crippen LogP contribution in [0, 0.1) is 0 Å². The molecule has 5 N–H and O–H groups in total. The van der Waals surface area contributed by atoms with E-state index in [1.807, 2.05) is 0 Å². The van der Waals surface area contributed by atoms with Crippen molar-refractivity contribution in [2.75, 3.05) is 19.4 Å². The molecule has 0 bridgehead atoms. The Morgan fingerprint density at radius 1 is 1.75 bits per heavy atom. The van der Waals surface area contributed by atoms with E-state index in [9.17, 15) is 0 Å². The van der Waals surface area contributed by atoms with Crippen LogP contribution in [0.1, 0.15) is 18.2 Å². The second-order valence-electron chi connectivity index (χ2n) is 2.53. The van der Waals surface area contributed by atoms with Gasteiger partial charge in [0.1, 0.15) is 0 Å². The van der Waals surface area contributed by atoms with Crippen LogP contribution in [0.15, 0.2) is 6.20 Å². The van der Waals surface area contributed by atoms with Crippen LogP contribution in [0.4, 0.5) is 5.95 Å². The van der Waals surface area contributed by atoms with Gasteiger partial charge in [0.25, 0.3) is 0 Å². The number of aromatic amines is 1. The quantitative estimate of drug-likeness (QED) is 0.594. The first-order valence-electron chi connectivity index (χ1n) is 3.81. The van der Waals surface area contributed by atoms with Crippen LogP contribution in [0.3, 0.4) is 0 Å². The Labute approximate surface area is 71.1 Å². The number of nitrogen functional groups attached to an aromatic ring is 1. The number of aromatic nitrogens is 2. The van der Waals surface area contributed by atoms with Gasteiger partial charge in [-0.2, -0.15) is 0 Å². The predicted octanol–water partition coefficient (Wildman–Crippen LogP) is 0.0282. The molecule has 0 aliphatic heterocycles. The van der Waals surface area contributed by atoms with Crippen molar-refractivity contribution in [1.29, 1.82) is 0 Å². The zero-order valence-corrected chi connectivity index (χ0v) is 7.08. The van der Waals surface area contributed by atoms with Gasteiger partial charge in [0, 0.05) is 7.11 Å². The fourth-order valence-corrected chi connectivity index (χ4v) is 1.07. The zero-order chi connectivity index (χ0) is 8.97. The smallest absolute Gasteiger partial charge is 0.197 e. The number of nitrogens with two attached hydrogens (primary N) is 2. The Bertz CT molecular complexity index is 235. The molecule has 0 aromatic carbocycles. The lowest BCUT2D eigenvalue weighted by Crippen LogP contribution is -2.09. The summed E-state index contributed by atoms with van der Waals surface area (Å²) in [7, 11) is 1.64. The average molecular weight is 170 g/mol. The van der Waals surface area contributed by atoms with Crippen molar-refractivity contribution in [3.05, 3.63) is 11.9 Å². The Morgan fingerprint density at radius 2 is 2.50 bits per heavy atom. The third-order valence-corrected chi connectivity index (χ3v) is 1.68. The molecule has 0 fully saturated rings. The van der Waals surface area contributed by atoms with Gasteiger partial charge in [-0.15, -0.1) is 0 Å². The maximum Gasteiger partial charge on any atom is 0.197 e. The highest BCUT2D eigenvalue weighted by molar-refractivity contribution is 5.19. The summed E-state index contributed by atoms with van der Waals surface area (Å²) in [6, 6.07) is 0. The summed E-state index contributed by atoms with van der Waals surface area (Å²) in [5, 5.41) is 0. The van der Waals surface area contributed by atoms with Gasteiger partial charge in [-0.3, -0.25) is 0 Å². The molecule has 1 aromatic rings. The van der Waals surface area contributed by atoms with E-state index in [1.54, 1.807) is 13.3 Å². The molecule has 1 unspecified atom stereocenters. The first-order chi connectivity index (χ1) is 5.77. The molecule has 1 atom stereocenters. The standard InChI is InChI=1S/C7H14N4O/c1-12-6(2-3-8)5-4-10-7(9)11-5/h4,6H,2-3,8H2,1H3,(H3,9,10,11). The molecular weight excluding hydrogens is 156 g/mol. The number of nitrogens with one attached hydrogen (secondary N) is 1. The van der Waals surface area contributed by atoms with Gasteiger partial charge in [-0.1, -0.05) is 0 Å². The summed E-state index contributed by atoms with van der Waals surface area (Å²) in [5.74, 6) is 0.407. The molecule has 0 saturated carbocycles. The Morgan fingerprint density at radius 3 is 2.92 bits per heavy atom. The van der Waals surface area contributed by atoms with Gasteiger partial charge in [0.05, 0.1) is 18.0 Å². The lowest BCUT2D eigenvalue weighted by Gasteiger charge is -2.11. The number of methoxy groups -OCH3 is 1.